The van der Waals surface area contributed by atoms with Crippen molar-refractivity contribution in [1.82, 2.24) is 0 Å². The third kappa shape index (κ3) is 1.70. The number of hydrogen-bond donors (Lipinski definition) is 0. The highest BCUT2D eigenvalue weighted by molar-refractivity contribution is 8.00. The van der Waals surface area contributed by atoms with Crippen molar-refractivity contribution in [2.45, 2.75) is 4.90 Å². The summed E-state index contributed by atoms with van der Waals surface area (Å²) in [5.41, 5.74) is 2.01. The quantitative estimate of drug-likeness (QED) is 0.656. The summed E-state index contributed by atoms with van der Waals surface area (Å²) < 4.78 is 0. The van der Waals surface area contributed by atoms with Crippen LogP contribution in [0.4, 0.5) is 0 Å². The van der Waals surface area contributed by atoms with Crippen LogP contribution < -0.4 is 0 Å². The number of benzene rings is 1. The molecule has 0 N–H and O–H groups in total. The highest BCUT2D eigenvalue weighted by Crippen LogP contribution is 2.41. The van der Waals surface area contributed by atoms with Gasteiger partial charge in [-0.05, 0) is 23.3 Å². The molecule has 1 aliphatic rings. The van der Waals surface area contributed by atoms with Crippen molar-refractivity contribution in [3.05, 3.63) is 34.4 Å². The van der Waals surface area contributed by atoms with E-state index in [-0.39, 0.29) is 11.1 Å². The molecule has 0 saturated heterocycles. The van der Waals surface area contributed by atoms with Crippen LogP contribution in [0.15, 0.2) is 22.6 Å². The standard InChI is InChI=1S/C13H4N4S/c14-3-8-1-11-12(10(5-16)6-17)7-18-13(11)2-9(8)4-15/h1-2H,7H2. The molecule has 0 aliphatic carbocycles. The van der Waals surface area contributed by atoms with Crippen molar-refractivity contribution in [2.24, 2.45) is 0 Å². The highest BCUT2D eigenvalue weighted by Gasteiger charge is 2.22. The molecule has 0 aromatic heterocycles. The molecule has 18 heavy (non-hydrogen) atoms. The summed E-state index contributed by atoms with van der Waals surface area (Å²) in [5, 5.41) is 35.7. The summed E-state index contributed by atoms with van der Waals surface area (Å²) in [5.74, 6) is 0.519. The lowest BCUT2D eigenvalue weighted by atomic mass is 9.98. The average molecular weight is 248 g/mol. The van der Waals surface area contributed by atoms with Gasteiger partial charge in [-0.2, -0.15) is 21.0 Å². The first-order chi connectivity index (χ1) is 8.74. The minimum Gasteiger partial charge on any atom is -0.192 e. The molecule has 1 heterocycles. The fourth-order valence-corrected chi connectivity index (χ4v) is 2.85. The zero-order valence-corrected chi connectivity index (χ0v) is 9.88. The van der Waals surface area contributed by atoms with Crippen LogP contribution >= 0.6 is 11.8 Å². The van der Waals surface area contributed by atoms with Gasteiger partial charge in [-0.15, -0.1) is 11.8 Å². The third-order valence-electron chi connectivity index (χ3n) is 2.58. The van der Waals surface area contributed by atoms with Crippen LogP contribution in [0.25, 0.3) is 5.57 Å². The topological polar surface area (TPSA) is 95.2 Å². The maximum Gasteiger partial charge on any atom is 0.134 e. The van der Waals surface area contributed by atoms with Gasteiger partial charge in [-0.25, -0.2) is 0 Å². The largest absolute Gasteiger partial charge is 0.192 e. The fourth-order valence-electron chi connectivity index (χ4n) is 1.71. The van der Waals surface area contributed by atoms with Crippen LogP contribution in [0.1, 0.15) is 16.7 Å². The second kappa shape index (κ2) is 4.64. The molecule has 0 unspecified atom stereocenters. The monoisotopic (exact) mass is 248 g/mol. The molecule has 0 fully saturated rings. The maximum atomic E-state index is 8.97. The van der Waals surface area contributed by atoms with Crippen molar-refractivity contribution >= 4 is 17.3 Å². The van der Waals surface area contributed by atoms with Crippen LogP contribution in [-0.2, 0) is 0 Å². The summed E-state index contributed by atoms with van der Waals surface area (Å²) >= 11 is 1.46. The normalized spacial score (nSPS) is 11.7. The summed E-state index contributed by atoms with van der Waals surface area (Å²) in [6.07, 6.45) is 0. The van der Waals surface area contributed by atoms with Gasteiger partial charge < -0.3 is 0 Å². The molecular formula is C13H4N4S. The van der Waals surface area contributed by atoms with Crippen LogP contribution in [0.5, 0.6) is 0 Å². The Labute approximate surface area is 108 Å². The molecule has 82 valence electrons. The Hall–Kier alpha value is -2.73. The molecule has 4 nitrogen and oxygen atoms in total. The smallest absolute Gasteiger partial charge is 0.134 e. The van der Waals surface area contributed by atoms with E-state index in [4.69, 9.17) is 21.0 Å². The van der Waals surface area contributed by atoms with Gasteiger partial charge in [0.25, 0.3) is 0 Å². The molecule has 0 atom stereocenters. The molecule has 5 heteroatoms. The number of nitrogens with zero attached hydrogens (tertiary/aromatic N) is 4. The van der Waals surface area contributed by atoms with E-state index < -0.39 is 0 Å². The van der Waals surface area contributed by atoms with Gasteiger partial charge in [0, 0.05) is 10.6 Å². The highest BCUT2D eigenvalue weighted by atomic mass is 32.2. The number of thioether (sulfide) groups is 1. The zero-order valence-electron chi connectivity index (χ0n) is 9.06. The average Bonchev–Trinajstić information content (AvgIpc) is 2.81. The van der Waals surface area contributed by atoms with Gasteiger partial charge >= 0.3 is 0 Å². The Balaban J connectivity index is 2.73. The van der Waals surface area contributed by atoms with Crippen LogP contribution in [0.2, 0.25) is 0 Å². The lowest BCUT2D eigenvalue weighted by Gasteiger charge is -2.02. The number of rotatable bonds is 0. The Morgan fingerprint density at radius 3 is 2.17 bits per heavy atom. The number of hydrogen-bond acceptors (Lipinski definition) is 5. The van der Waals surface area contributed by atoms with Gasteiger partial charge in [-0.1, -0.05) is 0 Å². The molecule has 1 aromatic rings. The molecule has 1 aromatic carbocycles. The van der Waals surface area contributed by atoms with Gasteiger partial charge in [0.15, 0.2) is 0 Å². The van der Waals surface area contributed by atoms with Gasteiger partial charge in [0.1, 0.15) is 29.8 Å². The second-order valence-electron chi connectivity index (χ2n) is 3.48. The van der Waals surface area contributed by atoms with Crippen LogP contribution in [-0.4, -0.2) is 5.75 Å². The SMILES string of the molecule is N#CC(C#N)=C1CSc2cc(C#N)c(C#N)cc21. The fraction of sp³-hybridized carbons (Fsp3) is 0.0769. The number of fused-ring (bicyclic) bond motifs is 1. The molecule has 0 saturated carbocycles. The molecular weight excluding hydrogens is 244 g/mol. The van der Waals surface area contributed by atoms with Crippen molar-refractivity contribution in [2.75, 3.05) is 5.75 Å². The van der Waals surface area contributed by atoms with E-state index >= 15 is 0 Å². The Bertz CT molecular complexity index is 716. The maximum absolute atomic E-state index is 8.97. The Morgan fingerprint density at radius 1 is 1.00 bits per heavy atom. The lowest BCUT2D eigenvalue weighted by molar-refractivity contribution is 1.34. The minimum absolute atomic E-state index is 0.0647. The van der Waals surface area contributed by atoms with E-state index in [2.05, 4.69) is 0 Å². The molecule has 0 bridgehead atoms. The van der Waals surface area contributed by atoms with Crippen molar-refractivity contribution in [3.63, 3.8) is 0 Å². The molecule has 2 rings (SSSR count). The number of nitriles is 4. The molecule has 0 amide bonds. The van der Waals surface area contributed by atoms with Crippen molar-refractivity contribution < 1.29 is 0 Å². The summed E-state index contributed by atoms with van der Waals surface area (Å²) in [6, 6.07) is 10.9. The first-order valence-electron chi connectivity index (χ1n) is 4.90. The second-order valence-corrected chi connectivity index (χ2v) is 4.50. The third-order valence-corrected chi connectivity index (χ3v) is 3.66. The first kappa shape index (κ1) is 11.7. The van der Waals surface area contributed by atoms with E-state index in [9.17, 15) is 0 Å². The Morgan fingerprint density at radius 2 is 1.61 bits per heavy atom. The lowest BCUT2D eigenvalue weighted by Crippen LogP contribution is -1.91. The van der Waals surface area contributed by atoms with E-state index in [1.165, 1.54) is 11.8 Å². The first-order valence-corrected chi connectivity index (χ1v) is 5.88. The van der Waals surface area contributed by atoms with Gasteiger partial charge in [0.2, 0.25) is 0 Å². The minimum atomic E-state index is 0.0647. The van der Waals surface area contributed by atoms with Gasteiger partial charge in [0.05, 0.1) is 11.1 Å². The predicted octanol–water partition coefficient (Wildman–Crippen LogP) is 2.34. The van der Waals surface area contributed by atoms with Crippen molar-refractivity contribution in [3.8, 4) is 24.3 Å². The predicted molar refractivity (Wildman–Crippen MR) is 64.7 cm³/mol. The molecule has 1 aliphatic heterocycles. The van der Waals surface area contributed by atoms with Gasteiger partial charge in [-0.3, -0.25) is 0 Å². The summed E-state index contributed by atoms with van der Waals surface area (Å²) in [6.45, 7) is 0. The molecule has 0 spiro atoms. The van der Waals surface area contributed by atoms with Crippen LogP contribution in [0, 0.1) is 45.3 Å². The summed E-state index contributed by atoms with van der Waals surface area (Å²) in [7, 11) is 0. The molecule has 0 radical (unpaired) electrons. The summed E-state index contributed by atoms with van der Waals surface area (Å²) in [4.78, 5) is 0.837. The van der Waals surface area contributed by atoms with Crippen molar-refractivity contribution in [1.29, 1.82) is 21.0 Å². The van der Waals surface area contributed by atoms with E-state index in [0.29, 0.717) is 22.5 Å². The Kier molecular flexibility index (Phi) is 3.03. The van der Waals surface area contributed by atoms with Crippen LogP contribution in [0.3, 0.4) is 0 Å². The van der Waals surface area contributed by atoms with E-state index in [1.807, 2.05) is 24.3 Å². The van der Waals surface area contributed by atoms with E-state index in [0.717, 1.165) is 4.90 Å². The number of allylic oxidation sites excluding steroid dienone is 1. The zero-order chi connectivity index (χ0) is 13.1. The van der Waals surface area contributed by atoms with E-state index in [1.54, 1.807) is 12.1 Å².